The number of nitrogen functional groups attached to an aromatic ring is 1. The minimum atomic E-state index is -0.545. The van der Waals surface area contributed by atoms with E-state index >= 15 is 0 Å². The van der Waals surface area contributed by atoms with Crippen LogP contribution in [0.15, 0.2) is 30.3 Å². The van der Waals surface area contributed by atoms with Crippen LogP contribution in [0.25, 0.3) is 0 Å². The molecule has 4 nitrogen and oxygen atoms in total. The van der Waals surface area contributed by atoms with E-state index in [0.717, 1.165) is 5.56 Å². The van der Waals surface area contributed by atoms with E-state index in [1.807, 2.05) is 0 Å². The molecule has 1 amide bonds. The van der Waals surface area contributed by atoms with Crippen LogP contribution in [-0.4, -0.2) is 5.91 Å². The zero-order chi connectivity index (χ0) is 15.6. The van der Waals surface area contributed by atoms with Gasteiger partial charge in [0.15, 0.2) is 0 Å². The molecule has 0 aromatic heterocycles. The topological polar surface area (TPSA) is 81.1 Å². The van der Waals surface area contributed by atoms with E-state index in [-0.39, 0.29) is 5.82 Å². The highest BCUT2D eigenvalue weighted by atomic mass is 19.1. The van der Waals surface area contributed by atoms with Gasteiger partial charge in [-0.15, -0.1) is 0 Å². The number of primary amides is 1. The van der Waals surface area contributed by atoms with Crippen LogP contribution in [0, 0.1) is 19.7 Å². The zero-order valence-electron chi connectivity index (χ0n) is 12.0. The molecule has 0 fully saturated rings. The standard InChI is InChI=1S/C16H18FN3O/c1-9-6-11(7-10(2)14(9)17)8-20-15-12(16(19)21)4-3-5-13(15)18/h3-7,20H,8,18H2,1-2H3,(H2,19,21). The maximum Gasteiger partial charge on any atom is 0.250 e. The number of aryl methyl sites for hydroxylation is 2. The molecule has 0 unspecified atom stereocenters. The van der Waals surface area contributed by atoms with Gasteiger partial charge in [0, 0.05) is 6.54 Å². The lowest BCUT2D eigenvalue weighted by Crippen LogP contribution is -2.15. The molecule has 0 heterocycles. The summed E-state index contributed by atoms with van der Waals surface area (Å²) in [5, 5.41) is 3.10. The van der Waals surface area contributed by atoms with Gasteiger partial charge in [-0.2, -0.15) is 0 Å². The second kappa shape index (κ2) is 5.83. The molecule has 2 aromatic carbocycles. The lowest BCUT2D eigenvalue weighted by molar-refractivity contribution is 0.100. The SMILES string of the molecule is Cc1cc(CNc2c(N)cccc2C(N)=O)cc(C)c1F. The summed E-state index contributed by atoms with van der Waals surface area (Å²) in [6.07, 6.45) is 0. The highest BCUT2D eigenvalue weighted by Crippen LogP contribution is 2.24. The number of rotatable bonds is 4. The van der Waals surface area contributed by atoms with Crippen LogP contribution in [-0.2, 0) is 6.54 Å². The number of nitrogens with one attached hydrogen (secondary N) is 1. The van der Waals surface area contributed by atoms with Crippen molar-refractivity contribution in [3.8, 4) is 0 Å². The average Bonchev–Trinajstić information content (AvgIpc) is 2.42. The molecule has 0 spiro atoms. The predicted molar refractivity (Wildman–Crippen MR) is 82.6 cm³/mol. The van der Waals surface area contributed by atoms with E-state index in [9.17, 15) is 9.18 Å². The van der Waals surface area contributed by atoms with Gasteiger partial charge in [-0.05, 0) is 42.7 Å². The Morgan fingerprint density at radius 2 is 1.86 bits per heavy atom. The molecule has 0 radical (unpaired) electrons. The van der Waals surface area contributed by atoms with Crippen LogP contribution in [0.4, 0.5) is 15.8 Å². The number of amides is 1. The number of para-hydroxylation sites is 1. The van der Waals surface area contributed by atoms with Gasteiger partial charge in [-0.3, -0.25) is 4.79 Å². The normalized spacial score (nSPS) is 10.4. The number of benzene rings is 2. The molecular weight excluding hydrogens is 269 g/mol. The molecule has 0 aliphatic heterocycles. The van der Waals surface area contributed by atoms with E-state index in [0.29, 0.717) is 34.6 Å². The van der Waals surface area contributed by atoms with Gasteiger partial charge in [-0.1, -0.05) is 18.2 Å². The largest absolute Gasteiger partial charge is 0.397 e. The van der Waals surface area contributed by atoms with Gasteiger partial charge in [0.25, 0.3) is 5.91 Å². The van der Waals surface area contributed by atoms with E-state index in [1.165, 1.54) is 0 Å². The first-order valence-corrected chi connectivity index (χ1v) is 6.58. The Bertz CT molecular complexity index is 675. The van der Waals surface area contributed by atoms with E-state index < -0.39 is 5.91 Å². The summed E-state index contributed by atoms with van der Waals surface area (Å²) in [6.45, 7) is 3.87. The summed E-state index contributed by atoms with van der Waals surface area (Å²) in [6, 6.07) is 8.50. The molecule has 5 N–H and O–H groups in total. The van der Waals surface area contributed by atoms with Crippen LogP contribution in [0.2, 0.25) is 0 Å². The second-order valence-corrected chi connectivity index (χ2v) is 5.03. The Morgan fingerprint density at radius 1 is 1.24 bits per heavy atom. The number of carbonyl (C=O) groups excluding carboxylic acids is 1. The van der Waals surface area contributed by atoms with Crippen molar-refractivity contribution in [1.82, 2.24) is 0 Å². The number of halogens is 1. The zero-order valence-corrected chi connectivity index (χ0v) is 12.0. The number of hydrogen-bond donors (Lipinski definition) is 3. The number of carbonyl (C=O) groups is 1. The van der Waals surface area contributed by atoms with Crippen molar-refractivity contribution in [3.05, 3.63) is 58.4 Å². The molecule has 0 bridgehead atoms. The maximum atomic E-state index is 13.6. The molecule has 5 heteroatoms. The number of anilines is 2. The smallest absolute Gasteiger partial charge is 0.250 e. The Kier molecular flexibility index (Phi) is 4.12. The Morgan fingerprint density at radius 3 is 2.43 bits per heavy atom. The highest BCUT2D eigenvalue weighted by Gasteiger charge is 2.11. The van der Waals surface area contributed by atoms with Crippen LogP contribution >= 0.6 is 0 Å². The number of hydrogen-bond acceptors (Lipinski definition) is 3. The summed E-state index contributed by atoms with van der Waals surface area (Å²) < 4.78 is 13.6. The molecule has 2 rings (SSSR count). The summed E-state index contributed by atoms with van der Waals surface area (Å²) in [4.78, 5) is 11.4. The Hall–Kier alpha value is -2.56. The highest BCUT2D eigenvalue weighted by molar-refractivity contribution is 6.01. The first-order valence-electron chi connectivity index (χ1n) is 6.58. The van der Waals surface area contributed by atoms with Crippen LogP contribution in [0.3, 0.4) is 0 Å². The molecule has 110 valence electrons. The quantitative estimate of drug-likeness (QED) is 0.756. The Balaban J connectivity index is 2.27. The van der Waals surface area contributed by atoms with Crippen LogP contribution in [0.5, 0.6) is 0 Å². The average molecular weight is 287 g/mol. The summed E-state index contributed by atoms with van der Waals surface area (Å²) in [7, 11) is 0. The lowest BCUT2D eigenvalue weighted by atomic mass is 10.1. The fraction of sp³-hybridized carbons (Fsp3) is 0.188. The Labute approximate surface area is 123 Å². The third-order valence-corrected chi connectivity index (χ3v) is 3.33. The molecule has 2 aromatic rings. The molecule has 0 atom stereocenters. The van der Waals surface area contributed by atoms with Crippen molar-refractivity contribution >= 4 is 17.3 Å². The van der Waals surface area contributed by atoms with E-state index in [2.05, 4.69) is 5.32 Å². The fourth-order valence-corrected chi connectivity index (χ4v) is 2.30. The first kappa shape index (κ1) is 14.8. The van der Waals surface area contributed by atoms with Crippen molar-refractivity contribution in [3.63, 3.8) is 0 Å². The summed E-state index contributed by atoms with van der Waals surface area (Å²) in [5.41, 5.74) is 14.6. The third kappa shape index (κ3) is 3.13. The van der Waals surface area contributed by atoms with Crippen molar-refractivity contribution in [2.75, 3.05) is 11.1 Å². The summed E-state index contributed by atoms with van der Waals surface area (Å²) >= 11 is 0. The van der Waals surface area contributed by atoms with Crippen LogP contribution in [0.1, 0.15) is 27.0 Å². The minimum Gasteiger partial charge on any atom is -0.397 e. The number of nitrogens with two attached hydrogens (primary N) is 2. The predicted octanol–water partition coefficient (Wildman–Crippen LogP) is 2.74. The second-order valence-electron chi connectivity index (χ2n) is 5.03. The molecule has 21 heavy (non-hydrogen) atoms. The fourth-order valence-electron chi connectivity index (χ4n) is 2.30. The lowest BCUT2D eigenvalue weighted by Gasteiger charge is -2.14. The molecule has 0 saturated heterocycles. The maximum absolute atomic E-state index is 13.6. The third-order valence-electron chi connectivity index (χ3n) is 3.33. The molecular formula is C16H18FN3O. The van der Waals surface area contributed by atoms with Crippen molar-refractivity contribution in [2.45, 2.75) is 20.4 Å². The molecule has 0 aliphatic carbocycles. The van der Waals surface area contributed by atoms with Crippen LogP contribution < -0.4 is 16.8 Å². The van der Waals surface area contributed by atoms with E-state index in [1.54, 1.807) is 44.2 Å². The van der Waals surface area contributed by atoms with Crippen molar-refractivity contribution in [2.24, 2.45) is 5.73 Å². The molecule has 0 aliphatic rings. The minimum absolute atomic E-state index is 0.198. The van der Waals surface area contributed by atoms with Gasteiger partial charge in [0.05, 0.1) is 16.9 Å². The van der Waals surface area contributed by atoms with E-state index in [4.69, 9.17) is 11.5 Å². The van der Waals surface area contributed by atoms with Gasteiger partial charge in [0.1, 0.15) is 5.82 Å². The van der Waals surface area contributed by atoms with Gasteiger partial charge in [0.2, 0.25) is 0 Å². The summed E-state index contributed by atoms with van der Waals surface area (Å²) in [5.74, 6) is -0.743. The first-order chi connectivity index (χ1) is 9.90. The monoisotopic (exact) mass is 287 g/mol. The van der Waals surface area contributed by atoms with Gasteiger partial charge in [-0.25, -0.2) is 4.39 Å². The van der Waals surface area contributed by atoms with Gasteiger partial charge >= 0.3 is 0 Å². The van der Waals surface area contributed by atoms with Gasteiger partial charge < -0.3 is 16.8 Å². The van der Waals surface area contributed by atoms with Crippen molar-refractivity contribution in [1.29, 1.82) is 0 Å². The van der Waals surface area contributed by atoms with Crippen molar-refractivity contribution < 1.29 is 9.18 Å². The molecule has 0 saturated carbocycles.